The highest BCUT2D eigenvalue weighted by molar-refractivity contribution is 5.73. The summed E-state index contributed by atoms with van der Waals surface area (Å²) in [5.74, 6) is -0.0612. The first-order valence-corrected chi connectivity index (χ1v) is 24.0. The first-order valence-electron chi connectivity index (χ1n) is 24.0. The molecule has 0 spiro atoms. The Bertz CT molecular complexity index is 2410. The highest BCUT2D eigenvalue weighted by Gasteiger charge is 2.23. The van der Waals surface area contributed by atoms with E-state index in [9.17, 15) is 28.8 Å². The van der Waals surface area contributed by atoms with Crippen LogP contribution >= 0.6 is 0 Å². The third-order valence-electron chi connectivity index (χ3n) is 10.2. The largest absolute Gasteiger partial charge is 0.498 e. The van der Waals surface area contributed by atoms with Crippen molar-refractivity contribution in [2.45, 2.75) is 80.6 Å². The maximum absolute atomic E-state index is 12.8. The normalized spacial score (nSPS) is 13.3. The van der Waals surface area contributed by atoms with E-state index in [1.54, 1.807) is 71.0 Å². The number of fused-ring (bicyclic) bond motifs is 6. The van der Waals surface area contributed by atoms with Crippen molar-refractivity contribution in [2.24, 2.45) is 0 Å². The number of ether oxygens (including phenoxy) is 12. The number of esters is 4. The highest BCUT2D eigenvalue weighted by Crippen LogP contribution is 2.40. The van der Waals surface area contributed by atoms with Crippen LogP contribution < -0.4 is 28.4 Å². The number of rotatable bonds is 28. The third kappa shape index (κ3) is 18.4. The van der Waals surface area contributed by atoms with E-state index in [4.69, 9.17) is 56.8 Å². The van der Waals surface area contributed by atoms with Crippen LogP contribution in [0.5, 0.6) is 34.5 Å². The van der Waals surface area contributed by atoms with Crippen molar-refractivity contribution in [1.29, 1.82) is 0 Å². The summed E-state index contributed by atoms with van der Waals surface area (Å²) in [4.78, 5) is 74.6. The van der Waals surface area contributed by atoms with Gasteiger partial charge in [-0.3, -0.25) is 9.59 Å². The Kier molecular flexibility index (Phi) is 24.6. The number of hydrogen-bond acceptors (Lipinski definition) is 18. The van der Waals surface area contributed by atoms with Crippen LogP contribution in [0.3, 0.4) is 0 Å². The van der Waals surface area contributed by atoms with Crippen LogP contribution in [0.25, 0.3) is 0 Å². The molecule has 0 aliphatic heterocycles. The SMILES string of the molecule is CCCOc1cc(OCC(=O)OCC)c2cc1Cc1cc(c(OCC(=O)OCC)cc1OCC=O)C/C=C/C(=C(\C=C(/C)OCC)OCC(=O)OCC)Cc1cc(c(OCC=O)cc1OCC(=O)OCC)C2. The molecule has 18 heteroatoms. The lowest BCUT2D eigenvalue weighted by Crippen LogP contribution is -2.17. The van der Waals surface area contributed by atoms with Gasteiger partial charge in [0.2, 0.25) is 0 Å². The molecule has 4 rings (SSSR count). The lowest BCUT2D eigenvalue weighted by Gasteiger charge is -2.22. The fourth-order valence-corrected chi connectivity index (χ4v) is 7.30. The van der Waals surface area contributed by atoms with Crippen LogP contribution in [0, 0.1) is 0 Å². The lowest BCUT2D eigenvalue weighted by atomic mass is 9.92. The Labute approximate surface area is 420 Å². The van der Waals surface area contributed by atoms with Crippen molar-refractivity contribution < 1.29 is 85.6 Å². The number of carbonyl (C=O) groups is 6. The molecule has 390 valence electrons. The Morgan fingerprint density at radius 2 is 0.847 bits per heavy atom. The molecule has 0 aromatic heterocycles. The van der Waals surface area contributed by atoms with E-state index in [0.29, 0.717) is 88.4 Å². The zero-order valence-corrected chi connectivity index (χ0v) is 42.2. The van der Waals surface area contributed by atoms with Gasteiger partial charge in [0, 0.05) is 43.5 Å². The summed E-state index contributed by atoms with van der Waals surface area (Å²) in [6.07, 6.45) is 7.60. The van der Waals surface area contributed by atoms with Crippen molar-refractivity contribution in [2.75, 3.05) is 79.3 Å². The van der Waals surface area contributed by atoms with Crippen LogP contribution in [0.2, 0.25) is 0 Å². The van der Waals surface area contributed by atoms with Gasteiger partial charge in [-0.25, -0.2) is 19.2 Å². The van der Waals surface area contributed by atoms with Gasteiger partial charge in [0.25, 0.3) is 0 Å². The lowest BCUT2D eigenvalue weighted by molar-refractivity contribution is -0.147. The average Bonchev–Trinajstić information content (AvgIpc) is 3.35. The van der Waals surface area contributed by atoms with Crippen molar-refractivity contribution in [3.63, 3.8) is 0 Å². The second-order valence-corrected chi connectivity index (χ2v) is 15.6. The molecule has 3 aromatic rings. The fourth-order valence-electron chi connectivity index (χ4n) is 7.30. The first-order chi connectivity index (χ1) is 34.9. The van der Waals surface area contributed by atoms with Gasteiger partial charge in [-0.1, -0.05) is 19.1 Å². The molecule has 0 unspecified atom stereocenters. The second-order valence-electron chi connectivity index (χ2n) is 15.6. The molecule has 0 heterocycles. The second kappa shape index (κ2) is 31.0. The van der Waals surface area contributed by atoms with E-state index < -0.39 is 50.3 Å². The molecule has 0 radical (unpaired) electrons. The summed E-state index contributed by atoms with van der Waals surface area (Å²) >= 11 is 0. The maximum atomic E-state index is 12.8. The van der Waals surface area contributed by atoms with Crippen molar-refractivity contribution in [1.82, 2.24) is 0 Å². The van der Waals surface area contributed by atoms with Crippen LogP contribution in [0.15, 0.2) is 71.7 Å². The number of benzene rings is 3. The topological polar surface area (TPSA) is 213 Å². The van der Waals surface area contributed by atoms with Crippen LogP contribution in [-0.4, -0.2) is 116 Å². The van der Waals surface area contributed by atoms with Gasteiger partial charge in [-0.2, -0.15) is 0 Å². The molecule has 3 aromatic carbocycles. The zero-order chi connectivity index (χ0) is 52.3. The molecule has 72 heavy (non-hydrogen) atoms. The van der Waals surface area contributed by atoms with Gasteiger partial charge in [0.15, 0.2) is 39.0 Å². The van der Waals surface area contributed by atoms with Crippen LogP contribution in [0.4, 0.5) is 0 Å². The van der Waals surface area contributed by atoms with Crippen molar-refractivity contribution in [3.05, 3.63) is 105 Å². The van der Waals surface area contributed by atoms with Gasteiger partial charge in [0.05, 0.1) is 45.4 Å². The monoisotopic (exact) mass is 1000 g/mol. The summed E-state index contributed by atoms with van der Waals surface area (Å²) in [5.41, 5.74) is 3.99. The Morgan fingerprint density at radius 1 is 0.458 bits per heavy atom. The standard InChI is InChI=1S/C54H66O18/c1-8-19-66-46-30-50(72-35-54(60)65-13-6)43-27-41(46)25-39-24-38(45(29-47(39)67-20-17-55)70-33-52(58)63-11-4)16-14-15-37(44(22-36(7)61-9-2)69-32-51(57)62-10-3)23-40-26-42(28-43)48(68-21-18-56)31-49(40)71-34-53(59)64-12-5/h14-15,17-18,22,24,26-27,29-31H,8-13,16,19-21,23,25,28,32-35H2,1-7H3/b15-14+,36-22+,44-37-. The van der Waals surface area contributed by atoms with Gasteiger partial charge in [-0.05, 0) is 112 Å². The van der Waals surface area contributed by atoms with E-state index >= 15 is 0 Å². The number of aldehydes is 2. The van der Waals surface area contributed by atoms with E-state index in [-0.39, 0.29) is 94.1 Å². The molecule has 0 amide bonds. The van der Waals surface area contributed by atoms with E-state index in [1.165, 1.54) is 0 Å². The van der Waals surface area contributed by atoms with Crippen molar-refractivity contribution in [3.8, 4) is 34.5 Å². The van der Waals surface area contributed by atoms with Gasteiger partial charge in [0.1, 0.15) is 53.5 Å². The number of allylic oxidation sites excluding steroid dienone is 5. The minimum atomic E-state index is -0.633. The molecular weight excluding hydrogens is 937 g/mol. The number of hydrogen-bond donors (Lipinski definition) is 0. The molecule has 18 nitrogen and oxygen atoms in total. The smallest absolute Gasteiger partial charge is 0.344 e. The van der Waals surface area contributed by atoms with Gasteiger partial charge in [-0.15, -0.1) is 0 Å². The molecule has 1 aliphatic carbocycles. The summed E-state index contributed by atoms with van der Waals surface area (Å²) in [6, 6.07) is 10.4. The van der Waals surface area contributed by atoms with E-state index in [1.807, 2.05) is 32.1 Å². The Morgan fingerprint density at radius 3 is 1.28 bits per heavy atom. The molecule has 0 atom stereocenters. The molecule has 0 fully saturated rings. The minimum absolute atomic E-state index is 0.0287. The van der Waals surface area contributed by atoms with Crippen LogP contribution in [-0.2, 0) is 82.9 Å². The van der Waals surface area contributed by atoms with Gasteiger partial charge >= 0.3 is 23.9 Å². The zero-order valence-electron chi connectivity index (χ0n) is 42.2. The molecule has 6 bridgehead atoms. The fraction of sp³-hybridized carbons (Fsp3) is 0.444. The van der Waals surface area contributed by atoms with E-state index in [0.717, 1.165) is 0 Å². The van der Waals surface area contributed by atoms with E-state index in [2.05, 4.69) is 0 Å². The number of carbonyl (C=O) groups excluding carboxylic acids is 6. The molecule has 1 aliphatic rings. The van der Waals surface area contributed by atoms with Crippen LogP contribution in [0.1, 0.15) is 88.3 Å². The van der Waals surface area contributed by atoms with Crippen molar-refractivity contribution >= 4 is 36.4 Å². The molecular formula is C54H66O18. The molecule has 0 saturated carbocycles. The Hall–Kier alpha value is -7.50. The average molecular weight is 1000 g/mol. The summed E-state index contributed by atoms with van der Waals surface area (Å²) in [7, 11) is 0. The molecule has 0 saturated heterocycles. The summed E-state index contributed by atoms with van der Waals surface area (Å²) in [5, 5.41) is 0. The first kappa shape index (κ1) is 57.1. The van der Waals surface area contributed by atoms with Gasteiger partial charge < -0.3 is 56.8 Å². The maximum Gasteiger partial charge on any atom is 0.344 e. The summed E-state index contributed by atoms with van der Waals surface area (Å²) in [6.45, 7) is 11.0. The predicted octanol–water partition coefficient (Wildman–Crippen LogP) is 7.07. The minimum Gasteiger partial charge on any atom is -0.498 e. The third-order valence-corrected chi connectivity index (χ3v) is 10.2. The quantitative estimate of drug-likeness (QED) is 0.0308. The Balaban J connectivity index is 2.18. The summed E-state index contributed by atoms with van der Waals surface area (Å²) < 4.78 is 69.7. The molecule has 0 N–H and O–H groups in total. The highest BCUT2D eigenvalue weighted by atomic mass is 16.6. The predicted molar refractivity (Wildman–Crippen MR) is 262 cm³/mol.